The summed E-state index contributed by atoms with van der Waals surface area (Å²) in [6, 6.07) is 12.6. The standard InChI is InChI=1S/C16H14N2O4/c1-22-11-8-6-10(7-9-11)16(19)15-14(17-15)12-4-2-3-5-13(12)18(20)21/h2-9,14-15,17H,1H3/t14-,15+/m1/s1. The molecule has 6 nitrogen and oxygen atoms in total. The van der Waals surface area contributed by atoms with Gasteiger partial charge < -0.3 is 4.74 Å². The lowest BCUT2D eigenvalue weighted by atomic mass is 10.0. The number of hydrogen-bond donors (Lipinski definition) is 1. The fraction of sp³-hybridized carbons (Fsp3) is 0.188. The SMILES string of the molecule is COc1ccc(C(=O)[C@H]2N[C@@H]2c2ccccc2[N+](=O)[O-])cc1. The van der Waals surface area contributed by atoms with Gasteiger partial charge in [0.1, 0.15) is 5.75 Å². The van der Waals surface area contributed by atoms with E-state index in [2.05, 4.69) is 5.32 Å². The van der Waals surface area contributed by atoms with Crippen LogP contribution in [0.1, 0.15) is 22.0 Å². The van der Waals surface area contributed by atoms with Crippen molar-refractivity contribution in [2.75, 3.05) is 7.11 Å². The Hall–Kier alpha value is -2.73. The molecule has 112 valence electrons. The van der Waals surface area contributed by atoms with Crippen molar-refractivity contribution < 1.29 is 14.5 Å². The molecule has 6 heteroatoms. The summed E-state index contributed by atoms with van der Waals surface area (Å²) >= 11 is 0. The van der Waals surface area contributed by atoms with Crippen LogP contribution in [0.2, 0.25) is 0 Å². The first-order valence-electron chi connectivity index (χ1n) is 6.79. The second-order valence-electron chi connectivity index (χ2n) is 5.03. The summed E-state index contributed by atoms with van der Waals surface area (Å²) < 4.78 is 5.06. The second-order valence-corrected chi connectivity index (χ2v) is 5.03. The number of carbonyl (C=O) groups excluding carboxylic acids is 1. The maximum Gasteiger partial charge on any atom is 0.274 e. The molecule has 0 aliphatic carbocycles. The number of nitro groups is 1. The summed E-state index contributed by atoms with van der Waals surface area (Å²) in [7, 11) is 1.56. The molecule has 2 atom stereocenters. The highest BCUT2D eigenvalue weighted by atomic mass is 16.6. The minimum Gasteiger partial charge on any atom is -0.497 e. The van der Waals surface area contributed by atoms with Gasteiger partial charge in [-0.2, -0.15) is 0 Å². The van der Waals surface area contributed by atoms with Gasteiger partial charge in [-0.05, 0) is 24.3 Å². The van der Waals surface area contributed by atoms with Gasteiger partial charge >= 0.3 is 0 Å². The molecule has 1 fully saturated rings. The molecular formula is C16H14N2O4. The summed E-state index contributed by atoms with van der Waals surface area (Å²) in [5, 5.41) is 14.1. The zero-order valence-corrected chi connectivity index (χ0v) is 11.9. The van der Waals surface area contributed by atoms with Gasteiger partial charge in [0.25, 0.3) is 5.69 Å². The number of nitro benzene ring substituents is 1. The quantitative estimate of drug-likeness (QED) is 0.396. The lowest BCUT2D eigenvalue weighted by Gasteiger charge is -2.02. The first-order chi connectivity index (χ1) is 10.6. The smallest absolute Gasteiger partial charge is 0.274 e. The Labute approximate surface area is 126 Å². The third-order valence-electron chi connectivity index (χ3n) is 3.71. The van der Waals surface area contributed by atoms with Crippen LogP contribution < -0.4 is 10.1 Å². The summed E-state index contributed by atoms with van der Waals surface area (Å²) in [6.07, 6.45) is 0. The largest absolute Gasteiger partial charge is 0.497 e. The minimum atomic E-state index is -0.426. The van der Waals surface area contributed by atoms with E-state index in [1.54, 1.807) is 49.6 Å². The van der Waals surface area contributed by atoms with Gasteiger partial charge in [-0.25, -0.2) is 0 Å². The van der Waals surface area contributed by atoms with Crippen LogP contribution in [-0.2, 0) is 0 Å². The Kier molecular flexibility index (Phi) is 3.60. The number of para-hydroxylation sites is 1. The predicted molar refractivity (Wildman–Crippen MR) is 80.1 cm³/mol. The van der Waals surface area contributed by atoms with E-state index in [1.807, 2.05) is 0 Å². The van der Waals surface area contributed by atoms with Crippen LogP contribution in [0.4, 0.5) is 5.69 Å². The molecule has 0 radical (unpaired) electrons. The zero-order valence-electron chi connectivity index (χ0n) is 11.9. The highest BCUT2D eigenvalue weighted by Crippen LogP contribution is 2.37. The number of ether oxygens (including phenoxy) is 1. The third kappa shape index (κ3) is 2.56. The molecule has 1 aliphatic rings. The summed E-state index contributed by atoms with van der Waals surface area (Å²) in [5.41, 5.74) is 1.13. The van der Waals surface area contributed by atoms with E-state index < -0.39 is 11.0 Å². The van der Waals surface area contributed by atoms with Crippen LogP contribution in [0, 0.1) is 10.1 Å². The number of rotatable bonds is 5. The maximum atomic E-state index is 12.4. The molecule has 0 amide bonds. The molecule has 1 heterocycles. The van der Waals surface area contributed by atoms with Crippen molar-refractivity contribution in [3.8, 4) is 5.75 Å². The van der Waals surface area contributed by atoms with Crippen molar-refractivity contribution in [1.29, 1.82) is 0 Å². The zero-order chi connectivity index (χ0) is 15.7. The van der Waals surface area contributed by atoms with Crippen molar-refractivity contribution >= 4 is 11.5 Å². The highest BCUT2D eigenvalue weighted by molar-refractivity contribution is 6.02. The number of Topliss-reactive ketones (excluding diaryl/α,β-unsaturated/α-hetero) is 1. The summed E-state index contributed by atoms with van der Waals surface area (Å²) in [6.45, 7) is 0. The van der Waals surface area contributed by atoms with E-state index in [0.717, 1.165) is 0 Å². The molecule has 1 N–H and O–H groups in total. The van der Waals surface area contributed by atoms with Gasteiger partial charge in [0.05, 0.1) is 24.1 Å². The lowest BCUT2D eigenvalue weighted by molar-refractivity contribution is -0.385. The number of nitrogens with one attached hydrogen (secondary N) is 1. The van der Waals surface area contributed by atoms with E-state index in [0.29, 0.717) is 16.9 Å². The normalized spacial score (nSPS) is 19.5. The first-order valence-corrected chi connectivity index (χ1v) is 6.79. The highest BCUT2D eigenvalue weighted by Gasteiger charge is 2.46. The van der Waals surface area contributed by atoms with Gasteiger partial charge in [-0.1, -0.05) is 18.2 Å². The second kappa shape index (κ2) is 5.57. The third-order valence-corrected chi connectivity index (χ3v) is 3.71. The van der Waals surface area contributed by atoms with Gasteiger partial charge in [0.2, 0.25) is 0 Å². The molecule has 0 aromatic heterocycles. The Morgan fingerprint density at radius 1 is 1.18 bits per heavy atom. The van der Waals surface area contributed by atoms with Crippen LogP contribution in [0.15, 0.2) is 48.5 Å². The van der Waals surface area contributed by atoms with Crippen molar-refractivity contribution in [3.63, 3.8) is 0 Å². The monoisotopic (exact) mass is 298 g/mol. The Morgan fingerprint density at radius 3 is 2.50 bits per heavy atom. The molecule has 3 rings (SSSR count). The lowest BCUT2D eigenvalue weighted by Crippen LogP contribution is -2.10. The average Bonchev–Trinajstić information content (AvgIpc) is 3.34. The van der Waals surface area contributed by atoms with E-state index in [-0.39, 0.29) is 17.5 Å². The first kappa shape index (κ1) is 14.2. The maximum absolute atomic E-state index is 12.4. The minimum absolute atomic E-state index is 0.0324. The molecule has 2 aromatic carbocycles. The molecule has 0 bridgehead atoms. The molecule has 1 aliphatic heterocycles. The fourth-order valence-electron chi connectivity index (χ4n) is 2.49. The Morgan fingerprint density at radius 2 is 1.86 bits per heavy atom. The molecule has 0 saturated carbocycles. The molecular weight excluding hydrogens is 284 g/mol. The number of hydrogen-bond acceptors (Lipinski definition) is 5. The van der Waals surface area contributed by atoms with Crippen molar-refractivity contribution in [1.82, 2.24) is 5.32 Å². The van der Waals surface area contributed by atoms with Crippen LogP contribution in [0.5, 0.6) is 5.75 Å². The fourth-order valence-corrected chi connectivity index (χ4v) is 2.49. The number of methoxy groups -OCH3 is 1. The predicted octanol–water partition coefficient (Wildman–Crippen LogP) is 2.50. The molecule has 0 spiro atoms. The Balaban J connectivity index is 1.79. The van der Waals surface area contributed by atoms with Crippen molar-refractivity contribution in [3.05, 3.63) is 69.8 Å². The van der Waals surface area contributed by atoms with Gasteiger partial charge in [0.15, 0.2) is 5.78 Å². The summed E-state index contributed by atoms with van der Waals surface area (Å²) in [5.74, 6) is 0.598. The molecule has 1 saturated heterocycles. The van der Waals surface area contributed by atoms with Crippen LogP contribution >= 0.6 is 0 Å². The number of benzene rings is 2. The van der Waals surface area contributed by atoms with E-state index in [4.69, 9.17) is 4.74 Å². The van der Waals surface area contributed by atoms with E-state index >= 15 is 0 Å². The number of ketones is 1. The van der Waals surface area contributed by atoms with Gasteiger partial charge in [-0.15, -0.1) is 0 Å². The molecule has 0 unspecified atom stereocenters. The molecule has 2 aromatic rings. The van der Waals surface area contributed by atoms with Crippen LogP contribution in [0.25, 0.3) is 0 Å². The van der Waals surface area contributed by atoms with Crippen LogP contribution in [-0.4, -0.2) is 23.9 Å². The average molecular weight is 298 g/mol. The molecule has 22 heavy (non-hydrogen) atoms. The van der Waals surface area contributed by atoms with Gasteiger partial charge in [0, 0.05) is 17.2 Å². The number of carbonyl (C=O) groups is 1. The topological polar surface area (TPSA) is 91.4 Å². The van der Waals surface area contributed by atoms with Crippen molar-refractivity contribution in [2.24, 2.45) is 0 Å². The van der Waals surface area contributed by atoms with Gasteiger partial charge in [-0.3, -0.25) is 20.2 Å². The van der Waals surface area contributed by atoms with Crippen molar-refractivity contribution in [2.45, 2.75) is 12.1 Å². The number of nitrogens with zero attached hydrogens (tertiary/aromatic N) is 1. The van der Waals surface area contributed by atoms with E-state index in [1.165, 1.54) is 6.07 Å². The van der Waals surface area contributed by atoms with Crippen LogP contribution in [0.3, 0.4) is 0 Å². The Bertz CT molecular complexity index is 727. The van der Waals surface area contributed by atoms with E-state index in [9.17, 15) is 14.9 Å². The summed E-state index contributed by atoms with van der Waals surface area (Å²) in [4.78, 5) is 23.0.